The van der Waals surface area contributed by atoms with Gasteiger partial charge < -0.3 is 0 Å². The predicted molar refractivity (Wildman–Crippen MR) is 46.9 cm³/mol. The third-order valence-electron chi connectivity index (χ3n) is 0.722. The van der Waals surface area contributed by atoms with Crippen LogP contribution in [0.3, 0.4) is 0 Å². The lowest BCUT2D eigenvalue weighted by Gasteiger charge is -1.86. The van der Waals surface area contributed by atoms with Crippen LogP contribution in [-0.2, 0) is 0 Å². The molecule has 50 valence electrons. The Morgan fingerprint density at radius 1 is 1.22 bits per heavy atom. The zero-order valence-corrected chi connectivity index (χ0v) is 6.36. The van der Waals surface area contributed by atoms with Crippen LogP contribution in [0.1, 0.15) is 0 Å². The van der Waals surface area contributed by atoms with E-state index in [1.165, 1.54) is 0 Å². The fourth-order valence-corrected chi connectivity index (χ4v) is 0.921. The molecule has 0 unspecified atom stereocenters. The summed E-state index contributed by atoms with van der Waals surface area (Å²) in [6.45, 7) is 7.18. The number of hydrogen-bond donors (Lipinski definition) is 0. The molecular weight excluding hydrogens is 128 g/mol. The first-order valence-corrected chi connectivity index (χ1v) is 4.03. The maximum atomic E-state index is 3.61. The Bertz CT molecular complexity index is 103. The van der Waals surface area contributed by atoms with Gasteiger partial charge in [0.1, 0.15) is 0 Å². The van der Waals surface area contributed by atoms with Crippen LogP contribution < -0.4 is 0 Å². The summed E-state index contributed by atoms with van der Waals surface area (Å²) < 4.78 is 0. The van der Waals surface area contributed by atoms with E-state index in [-0.39, 0.29) is 0 Å². The van der Waals surface area contributed by atoms with Gasteiger partial charge >= 0.3 is 0 Å². The average molecular weight is 140 g/mol. The molecule has 0 spiro atoms. The Balaban J connectivity index is 2.98. The Morgan fingerprint density at radius 3 is 2.56 bits per heavy atom. The van der Waals surface area contributed by atoms with Gasteiger partial charge in [-0.05, 0) is 0 Å². The summed E-state index contributed by atoms with van der Waals surface area (Å²) in [5, 5.41) is 0. The summed E-state index contributed by atoms with van der Waals surface area (Å²) in [7, 11) is 0. The Hall–Kier alpha value is -0.430. The van der Waals surface area contributed by atoms with Gasteiger partial charge in [0.05, 0.1) is 0 Å². The third kappa shape index (κ3) is 7.57. The van der Waals surface area contributed by atoms with Crippen molar-refractivity contribution in [3.63, 3.8) is 0 Å². The maximum absolute atomic E-state index is 3.61. The van der Waals surface area contributed by atoms with Crippen LogP contribution in [0.5, 0.6) is 0 Å². The van der Waals surface area contributed by atoms with Gasteiger partial charge in [0.25, 0.3) is 0 Å². The lowest BCUT2D eigenvalue weighted by atomic mass is 10.5. The quantitative estimate of drug-likeness (QED) is 0.321. The summed E-state index contributed by atoms with van der Waals surface area (Å²) in [5.74, 6) is 2.08. The zero-order chi connectivity index (χ0) is 6.95. The van der Waals surface area contributed by atoms with E-state index in [1.54, 1.807) is 6.08 Å². The molecule has 0 aliphatic carbocycles. The molecule has 0 rings (SSSR count). The largest absolute Gasteiger partial charge is 0.154 e. The summed E-state index contributed by atoms with van der Waals surface area (Å²) >= 11 is 1.84. The van der Waals surface area contributed by atoms with E-state index in [1.807, 2.05) is 23.9 Å². The van der Waals surface area contributed by atoms with Crippen molar-refractivity contribution in [2.75, 3.05) is 11.5 Å². The molecule has 0 N–H and O–H groups in total. The van der Waals surface area contributed by atoms with Crippen molar-refractivity contribution in [2.45, 2.75) is 0 Å². The van der Waals surface area contributed by atoms with Gasteiger partial charge in [0.15, 0.2) is 0 Å². The first-order valence-electron chi connectivity index (χ1n) is 2.88. The minimum absolute atomic E-state index is 1.03. The molecule has 9 heavy (non-hydrogen) atoms. The highest BCUT2D eigenvalue weighted by Gasteiger charge is 1.75. The second-order valence-electron chi connectivity index (χ2n) is 1.49. The predicted octanol–water partition coefficient (Wildman–Crippen LogP) is 2.65. The van der Waals surface area contributed by atoms with Gasteiger partial charge in [-0.2, -0.15) is 11.8 Å². The summed E-state index contributed by atoms with van der Waals surface area (Å²) in [6.07, 6.45) is 7.73. The third-order valence-corrected chi connectivity index (χ3v) is 1.62. The van der Waals surface area contributed by atoms with Gasteiger partial charge in [-0.3, -0.25) is 0 Å². The van der Waals surface area contributed by atoms with Crippen molar-refractivity contribution in [3.05, 3.63) is 37.5 Å². The van der Waals surface area contributed by atoms with E-state index in [0.29, 0.717) is 0 Å². The highest BCUT2D eigenvalue weighted by Crippen LogP contribution is 1.98. The molecule has 0 fully saturated rings. The maximum Gasteiger partial charge on any atom is 0.0119 e. The highest BCUT2D eigenvalue weighted by atomic mass is 32.2. The van der Waals surface area contributed by atoms with Crippen molar-refractivity contribution in [2.24, 2.45) is 0 Å². The molecule has 0 amide bonds. The fraction of sp³-hybridized carbons (Fsp3) is 0.250. The van der Waals surface area contributed by atoms with Crippen LogP contribution in [0.2, 0.25) is 0 Å². The fourth-order valence-electron chi connectivity index (χ4n) is 0.371. The van der Waals surface area contributed by atoms with Gasteiger partial charge in [0.2, 0.25) is 0 Å². The molecule has 0 saturated heterocycles. The van der Waals surface area contributed by atoms with E-state index in [2.05, 4.69) is 19.2 Å². The lowest BCUT2D eigenvalue weighted by molar-refractivity contribution is 1.71. The summed E-state index contributed by atoms with van der Waals surface area (Å²) in [5.41, 5.74) is 0. The molecule has 0 heterocycles. The summed E-state index contributed by atoms with van der Waals surface area (Å²) in [6, 6.07) is 0. The average Bonchev–Trinajstić information content (AvgIpc) is 1.89. The Kier molecular flexibility index (Phi) is 7.21. The molecule has 0 nitrogen and oxygen atoms in total. The Morgan fingerprint density at radius 2 is 2.00 bits per heavy atom. The monoisotopic (exact) mass is 140 g/mol. The van der Waals surface area contributed by atoms with Gasteiger partial charge in [-0.25, -0.2) is 0 Å². The molecule has 0 aromatic heterocycles. The molecular formula is C8H12S. The van der Waals surface area contributed by atoms with E-state index < -0.39 is 0 Å². The zero-order valence-electron chi connectivity index (χ0n) is 5.55. The van der Waals surface area contributed by atoms with E-state index in [9.17, 15) is 0 Å². The topological polar surface area (TPSA) is 0 Å². The Labute approximate surface area is 61.3 Å². The lowest BCUT2D eigenvalue weighted by Crippen LogP contribution is -1.71. The van der Waals surface area contributed by atoms with Crippen LogP contribution in [0.25, 0.3) is 0 Å². The smallest absolute Gasteiger partial charge is 0.0119 e. The number of allylic oxidation sites excluding steroid dienone is 2. The standard InChI is InChI=1S/C8H12S/c1-3-5-6-8-9-7-4-2/h3-6H,1-2,7-8H2/b6-5+. The molecule has 0 aliphatic heterocycles. The van der Waals surface area contributed by atoms with Gasteiger partial charge in [-0.1, -0.05) is 30.9 Å². The number of thioether (sulfide) groups is 1. The second kappa shape index (κ2) is 7.57. The van der Waals surface area contributed by atoms with Crippen LogP contribution in [0.15, 0.2) is 37.5 Å². The van der Waals surface area contributed by atoms with Crippen molar-refractivity contribution in [1.29, 1.82) is 0 Å². The summed E-state index contributed by atoms with van der Waals surface area (Å²) in [4.78, 5) is 0. The van der Waals surface area contributed by atoms with Gasteiger partial charge in [0, 0.05) is 11.5 Å². The molecule has 0 aromatic rings. The first-order chi connectivity index (χ1) is 4.41. The van der Waals surface area contributed by atoms with E-state index in [0.717, 1.165) is 11.5 Å². The number of hydrogen-bond acceptors (Lipinski definition) is 1. The van der Waals surface area contributed by atoms with Gasteiger partial charge in [-0.15, -0.1) is 6.58 Å². The van der Waals surface area contributed by atoms with Crippen LogP contribution >= 0.6 is 11.8 Å². The molecule has 0 atom stereocenters. The van der Waals surface area contributed by atoms with E-state index >= 15 is 0 Å². The molecule has 1 heteroatoms. The van der Waals surface area contributed by atoms with Crippen LogP contribution in [-0.4, -0.2) is 11.5 Å². The van der Waals surface area contributed by atoms with Crippen molar-refractivity contribution < 1.29 is 0 Å². The highest BCUT2D eigenvalue weighted by molar-refractivity contribution is 7.99. The normalized spacial score (nSPS) is 9.78. The van der Waals surface area contributed by atoms with E-state index in [4.69, 9.17) is 0 Å². The minimum atomic E-state index is 1.03. The SMILES string of the molecule is C=C/C=C/CSCC=C. The van der Waals surface area contributed by atoms with Crippen LogP contribution in [0.4, 0.5) is 0 Å². The van der Waals surface area contributed by atoms with Crippen molar-refractivity contribution in [3.8, 4) is 0 Å². The molecule has 0 saturated carbocycles. The molecule has 0 aliphatic rings. The molecule has 0 bridgehead atoms. The van der Waals surface area contributed by atoms with Crippen molar-refractivity contribution >= 4 is 11.8 Å². The molecule has 0 radical (unpaired) electrons. The minimum Gasteiger partial charge on any atom is -0.154 e. The first kappa shape index (κ1) is 8.57. The molecule has 0 aromatic carbocycles. The second-order valence-corrected chi connectivity index (χ2v) is 2.56. The number of rotatable bonds is 5. The van der Waals surface area contributed by atoms with Crippen molar-refractivity contribution in [1.82, 2.24) is 0 Å². The van der Waals surface area contributed by atoms with Crippen LogP contribution in [0, 0.1) is 0 Å².